The molecule has 1 saturated heterocycles. The van der Waals surface area contributed by atoms with Gasteiger partial charge in [-0.1, -0.05) is 18.2 Å². The van der Waals surface area contributed by atoms with E-state index in [2.05, 4.69) is 0 Å². The number of benzene rings is 1. The van der Waals surface area contributed by atoms with Crippen LogP contribution in [0.1, 0.15) is 17.7 Å². The highest BCUT2D eigenvalue weighted by molar-refractivity contribution is 7.89. The van der Waals surface area contributed by atoms with Gasteiger partial charge < -0.3 is 4.74 Å². The average Bonchev–Trinajstić information content (AvgIpc) is 3.28. The van der Waals surface area contributed by atoms with Crippen molar-refractivity contribution in [1.82, 2.24) is 4.31 Å². The molecule has 0 saturated carbocycles. The summed E-state index contributed by atoms with van der Waals surface area (Å²) in [7, 11) is -4.02. The molecule has 134 valence electrons. The van der Waals surface area contributed by atoms with Gasteiger partial charge in [0.15, 0.2) is 4.90 Å². The monoisotopic (exact) mass is 382 g/mol. The van der Waals surface area contributed by atoms with Crippen LogP contribution < -0.4 is 0 Å². The number of hydrogen-bond donors (Lipinski definition) is 0. The molecule has 1 unspecified atom stereocenters. The molecule has 1 atom stereocenters. The molecule has 7 nitrogen and oxygen atoms in total. The summed E-state index contributed by atoms with van der Waals surface area (Å²) in [5.74, 6) is 0. The van der Waals surface area contributed by atoms with Crippen LogP contribution in [0.3, 0.4) is 0 Å². The van der Waals surface area contributed by atoms with Gasteiger partial charge in [0.1, 0.15) is 0 Å². The zero-order valence-electron chi connectivity index (χ0n) is 13.4. The maximum Gasteiger partial charge on any atom is 0.289 e. The van der Waals surface area contributed by atoms with Gasteiger partial charge in [0.25, 0.3) is 5.69 Å². The van der Waals surface area contributed by atoms with Crippen molar-refractivity contribution in [2.24, 2.45) is 0 Å². The average molecular weight is 382 g/mol. The molecular weight excluding hydrogens is 364 g/mol. The molecule has 0 aliphatic carbocycles. The second kappa shape index (κ2) is 7.61. The molecule has 1 aliphatic heterocycles. The lowest BCUT2D eigenvalue weighted by Crippen LogP contribution is -2.37. The van der Waals surface area contributed by atoms with Crippen LogP contribution in [0.25, 0.3) is 0 Å². The maximum absolute atomic E-state index is 13.1. The van der Waals surface area contributed by atoms with Gasteiger partial charge in [0, 0.05) is 30.6 Å². The minimum atomic E-state index is -4.02. The molecule has 25 heavy (non-hydrogen) atoms. The Morgan fingerprint density at radius 1 is 1.28 bits per heavy atom. The lowest BCUT2D eigenvalue weighted by atomic mass is 10.2. The highest BCUT2D eigenvalue weighted by Crippen LogP contribution is 2.29. The number of nitrogens with zero attached hydrogens (tertiary/aromatic N) is 2. The van der Waals surface area contributed by atoms with Crippen LogP contribution in [-0.2, 0) is 21.3 Å². The van der Waals surface area contributed by atoms with Gasteiger partial charge in [-0.25, -0.2) is 8.42 Å². The Balaban J connectivity index is 1.96. The molecular formula is C16H18N2O5S2. The minimum absolute atomic E-state index is 0.173. The summed E-state index contributed by atoms with van der Waals surface area (Å²) in [6, 6.07) is 9.15. The number of nitro groups is 1. The Morgan fingerprint density at radius 2 is 2.08 bits per heavy atom. The fraction of sp³-hybridized carbons (Fsp3) is 0.375. The standard InChI is InChI=1S/C16H18N2O5S2/c19-18(20)15-7-1-2-8-16(15)25(21,22)17(11-13-5-3-9-23-13)12-14-6-4-10-24-14/h1-2,4,6-8,10,13H,3,5,9,11-12H2. The molecule has 1 aromatic carbocycles. The molecule has 2 heterocycles. The molecule has 1 aromatic heterocycles. The van der Waals surface area contributed by atoms with E-state index in [4.69, 9.17) is 4.74 Å². The van der Waals surface area contributed by atoms with E-state index in [1.165, 1.54) is 39.9 Å². The van der Waals surface area contributed by atoms with Gasteiger partial charge in [0.2, 0.25) is 10.0 Å². The molecule has 0 radical (unpaired) electrons. The largest absolute Gasteiger partial charge is 0.377 e. The van der Waals surface area contributed by atoms with Crippen molar-refractivity contribution < 1.29 is 18.1 Å². The highest BCUT2D eigenvalue weighted by atomic mass is 32.2. The predicted molar refractivity (Wildman–Crippen MR) is 94.0 cm³/mol. The molecule has 3 rings (SSSR count). The Morgan fingerprint density at radius 3 is 2.72 bits per heavy atom. The lowest BCUT2D eigenvalue weighted by molar-refractivity contribution is -0.387. The molecule has 1 aliphatic rings. The molecule has 9 heteroatoms. The molecule has 1 fully saturated rings. The summed E-state index contributed by atoms with van der Waals surface area (Å²) in [4.78, 5) is 11.2. The summed E-state index contributed by atoms with van der Waals surface area (Å²) >= 11 is 1.45. The van der Waals surface area contributed by atoms with E-state index in [0.717, 1.165) is 17.7 Å². The number of hydrogen-bond acceptors (Lipinski definition) is 6. The first-order valence-corrected chi connectivity index (χ1v) is 10.2. The molecule has 0 amide bonds. The van der Waals surface area contributed by atoms with Gasteiger partial charge in [-0.2, -0.15) is 4.31 Å². The van der Waals surface area contributed by atoms with Crippen molar-refractivity contribution in [3.05, 3.63) is 56.8 Å². The van der Waals surface area contributed by atoms with Crippen molar-refractivity contribution in [2.45, 2.75) is 30.4 Å². The molecule has 2 aromatic rings. The van der Waals surface area contributed by atoms with Crippen LogP contribution in [0.15, 0.2) is 46.7 Å². The van der Waals surface area contributed by atoms with Gasteiger partial charge in [-0.3, -0.25) is 10.1 Å². The van der Waals surface area contributed by atoms with Crippen molar-refractivity contribution in [3.63, 3.8) is 0 Å². The van der Waals surface area contributed by atoms with Crippen LogP contribution in [0.2, 0.25) is 0 Å². The van der Waals surface area contributed by atoms with E-state index in [-0.39, 0.29) is 24.1 Å². The second-order valence-corrected chi connectivity index (χ2v) is 8.68. The fourth-order valence-electron chi connectivity index (χ4n) is 2.80. The second-order valence-electron chi connectivity index (χ2n) is 5.74. The smallest absolute Gasteiger partial charge is 0.289 e. The molecule has 0 bridgehead atoms. The maximum atomic E-state index is 13.1. The number of ether oxygens (including phenoxy) is 1. The fourth-order valence-corrected chi connectivity index (χ4v) is 5.21. The minimum Gasteiger partial charge on any atom is -0.377 e. The van der Waals surface area contributed by atoms with Crippen molar-refractivity contribution in [1.29, 1.82) is 0 Å². The quantitative estimate of drug-likeness (QED) is 0.542. The van der Waals surface area contributed by atoms with Gasteiger partial charge in [0.05, 0.1) is 11.0 Å². The van der Waals surface area contributed by atoms with Crippen molar-refractivity contribution in [2.75, 3.05) is 13.2 Å². The first-order chi connectivity index (χ1) is 12.0. The van der Waals surface area contributed by atoms with E-state index in [0.29, 0.717) is 6.61 Å². The number of thiophene rings is 1. The van der Waals surface area contributed by atoms with E-state index in [9.17, 15) is 18.5 Å². The van der Waals surface area contributed by atoms with Crippen molar-refractivity contribution in [3.8, 4) is 0 Å². The summed E-state index contributed by atoms with van der Waals surface area (Å²) in [6.45, 7) is 0.973. The third-order valence-electron chi connectivity index (χ3n) is 4.02. The first-order valence-electron chi connectivity index (χ1n) is 7.86. The zero-order chi connectivity index (χ0) is 17.9. The topological polar surface area (TPSA) is 89.8 Å². The lowest BCUT2D eigenvalue weighted by Gasteiger charge is -2.24. The van der Waals surface area contributed by atoms with Gasteiger partial charge >= 0.3 is 0 Å². The van der Waals surface area contributed by atoms with Crippen LogP contribution in [0, 0.1) is 10.1 Å². The SMILES string of the molecule is O=[N+]([O-])c1ccccc1S(=O)(=O)N(Cc1cccs1)CC1CCCO1. The Hall–Kier alpha value is -1.81. The first kappa shape index (κ1) is 18.0. The van der Waals surface area contributed by atoms with Crippen LogP contribution in [-0.4, -0.2) is 36.9 Å². The zero-order valence-corrected chi connectivity index (χ0v) is 15.0. The van der Waals surface area contributed by atoms with E-state index in [1.54, 1.807) is 0 Å². The number of nitro benzene ring substituents is 1. The van der Waals surface area contributed by atoms with Crippen LogP contribution >= 0.6 is 11.3 Å². The molecule has 0 N–H and O–H groups in total. The third-order valence-corrected chi connectivity index (χ3v) is 6.74. The van der Waals surface area contributed by atoms with Crippen molar-refractivity contribution >= 4 is 27.0 Å². The summed E-state index contributed by atoms with van der Waals surface area (Å²) in [5.41, 5.74) is -0.411. The summed E-state index contributed by atoms with van der Waals surface area (Å²) in [6.07, 6.45) is 1.49. The van der Waals surface area contributed by atoms with E-state index >= 15 is 0 Å². The summed E-state index contributed by atoms with van der Waals surface area (Å²) in [5, 5.41) is 13.1. The third kappa shape index (κ3) is 4.06. The predicted octanol–water partition coefficient (Wildman–Crippen LogP) is 3.03. The summed E-state index contributed by atoms with van der Waals surface area (Å²) < 4.78 is 33.1. The van der Waals surface area contributed by atoms with Crippen LogP contribution in [0.5, 0.6) is 0 Å². The Bertz CT molecular complexity index is 830. The number of sulfonamides is 1. The highest BCUT2D eigenvalue weighted by Gasteiger charge is 2.34. The van der Waals surface area contributed by atoms with E-state index < -0.39 is 20.6 Å². The van der Waals surface area contributed by atoms with Gasteiger partial charge in [-0.15, -0.1) is 11.3 Å². The van der Waals surface area contributed by atoms with Gasteiger partial charge in [-0.05, 0) is 30.4 Å². The molecule has 0 spiro atoms. The van der Waals surface area contributed by atoms with E-state index in [1.807, 2.05) is 17.5 Å². The number of para-hydroxylation sites is 1. The Kier molecular flexibility index (Phi) is 5.48. The number of rotatable bonds is 7. The normalized spacial score (nSPS) is 17.9. The Labute approximate surface area is 150 Å². The van der Waals surface area contributed by atoms with Crippen LogP contribution in [0.4, 0.5) is 5.69 Å².